The molecule has 0 radical (unpaired) electrons. The summed E-state index contributed by atoms with van der Waals surface area (Å²) in [6, 6.07) is 2.82. The first-order valence-corrected chi connectivity index (χ1v) is 6.43. The van der Waals surface area contributed by atoms with Gasteiger partial charge in [-0.05, 0) is 12.1 Å². The van der Waals surface area contributed by atoms with Gasteiger partial charge in [0.05, 0.1) is 12.2 Å². The fraction of sp³-hybridized carbons (Fsp3) is 0.462. The molecule has 7 heteroatoms. The summed E-state index contributed by atoms with van der Waals surface area (Å²) in [7, 11) is 0. The van der Waals surface area contributed by atoms with Gasteiger partial charge in [0.2, 0.25) is 0 Å². The number of hydrogen-bond acceptors (Lipinski definition) is 5. The van der Waals surface area contributed by atoms with Crippen molar-refractivity contribution in [2.45, 2.75) is 0 Å². The van der Waals surface area contributed by atoms with Crippen molar-refractivity contribution >= 4 is 11.9 Å². The number of hydrogen-bond donors (Lipinski definition) is 2. The number of aromatic nitrogens is 1. The molecule has 1 saturated heterocycles. The van der Waals surface area contributed by atoms with Gasteiger partial charge in [0.15, 0.2) is 0 Å². The predicted octanol–water partition coefficient (Wildman–Crippen LogP) is -0.470. The first-order valence-electron chi connectivity index (χ1n) is 6.43. The van der Waals surface area contributed by atoms with Crippen molar-refractivity contribution in [3.8, 4) is 0 Å². The molecule has 1 aromatic rings. The number of carboxylic acid groups (broad SMARTS) is 1. The van der Waals surface area contributed by atoms with Gasteiger partial charge in [-0.2, -0.15) is 0 Å². The van der Waals surface area contributed by atoms with Gasteiger partial charge in [-0.15, -0.1) is 0 Å². The number of carbonyl (C=O) groups is 2. The van der Waals surface area contributed by atoms with Crippen LogP contribution in [-0.2, 0) is 0 Å². The predicted molar refractivity (Wildman–Crippen MR) is 70.6 cm³/mol. The van der Waals surface area contributed by atoms with Crippen LogP contribution in [0.3, 0.4) is 0 Å². The number of carbonyl (C=O) groups excluding carboxylic acids is 1. The van der Waals surface area contributed by atoms with Crippen LogP contribution in [0.5, 0.6) is 0 Å². The average molecular weight is 279 g/mol. The summed E-state index contributed by atoms with van der Waals surface area (Å²) >= 11 is 0. The third-order valence-corrected chi connectivity index (χ3v) is 3.31. The van der Waals surface area contributed by atoms with Crippen molar-refractivity contribution in [3.63, 3.8) is 0 Å². The van der Waals surface area contributed by atoms with Crippen LogP contribution < -0.4 is 0 Å². The van der Waals surface area contributed by atoms with Crippen molar-refractivity contribution in [1.29, 1.82) is 0 Å². The van der Waals surface area contributed by atoms with E-state index >= 15 is 0 Å². The molecule has 2 N–H and O–H groups in total. The number of amides is 1. The number of piperazine rings is 1. The second-order valence-electron chi connectivity index (χ2n) is 4.59. The van der Waals surface area contributed by atoms with Gasteiger partial charge >= 0.3 is 5.97 Å². The number of aliphatic hydroxyl groups is 1. The third kappa shape index (κ3) is 3.31. The molecule has 108 valence electrons. The minimum atomic E-state index is -1.06. The number of β-amino-alcohol motifs (C(OH)–C–C–N with tert-alkyl or cyclic N) is 1. The van der Waals surface area contributed by atoms with Gasteiger partial charge in [0.1, 0.15) is 5.69 Å². The molecule has 0 spiro atoms. The van der Waals surface area contributed by atoms with Gasteiger partial charge < -0.3 is 15.1 Å². The molecular formula is C13H17N3O4. The summed E-state index contributed by atoms with van der Waals surface area (Å²) in [5, 5.41) is 17.6. The summed E-state index contributed by atoms with van der Waals surface area (Å²) in [5.74, 6) is -1.25. The van der Waals surface area contributed by atoms with Crippen LogP contribution in [0.1, 0.15) is 20.8 Å². The molecule has 1 aliphatic heterocycles. The lowest BCUT2D eigenvalue weighted by Gasteiger charge is -2.34. The van der Waals surface area contributed by atoms with Crippen molar-refractivity contribution < 1.29 is 19.8 Å². The molecule has 2 rings (SSSR count). The van der Waals surface area contributed by atoms with Crippen LogP contribution in [0.2, 0.25) is 0 Å². The molecule has 0 atom stereocenters. The van der Waals surface area contributed by atoms with E-state index < -0.39 is 5.97 Å². The minimum Gasteiger partial charge on any atom is -0.478 e. The monoisotopic (exact) mass is 279 g/mol. The smallest absolute Gasteiger partial charge is 0.337 e. The number of aliphatic hydroxyl groups excluding tert-OH is 1. The number of pyridine rings is 1. The fourth-order valence-electron chi connectivity index (χ4n) is 2.12. The quantitative estimate of drug-likeness (QED) is 0.774. The summed E-state index contributed by atoms with van der Waals surface area (Å²) in [5.41, 5.74) is 0.319. The minimum absolute atomic E-state index is 0.0642. The zero-order valence-corrected chi connectivity index (χ0v) is 11.0. The van der Waals surface area contributed by atoms with Crippen LogP contribution in [0.25, 0.3) is 0 Å². The Hall–Kier alpha value is -1.99. The number of rotatable bonds is 4. The van der Waals surface area contributed by atoms with Crippen LogP contribution in [0.4, 0.5) is 0 Å². The second-order valence-corrected chi connectivity index (χ2v) is 4.59. The number of nitrogens with zero attached hydrogens (tertiary/aromatic N) is 3. The Kier molecular flexibility index (Phi) is 4.65. The first kappa shape index (κ1) is 14.4. The lowest BCUT2D eigenvalue weighted by Crippen LogP contribution is -2.49. The van der Waals surface area contributed by atoms with E-state index in [-0.39, 0.29) is 23.8 Å². The Morgan fingerprint density at radius 3 is 2.40 bits per heavy atom. The highest BCUT2D eigenvalue weighted by Gasteiger charge is 2.22. The molecule has 7 nitrogen and oxygen atoms in total. The topological polar surface area (TPSA) is 94.0 Å². The van der Waals surface area contributed by atoms with Gasteiger partial charge in [0.25, 0.3) is 5.91 Å². The summed E-state index contributed by atoms with van der Waals surface area (Å²) in [6.45, 7) is 3.35. The van der Waals surface area contributed by atoms with E-state index in [4.69, 9.17) is 10.2 Å². The lowest BCUT2D eigenvalue weighted by molar-refractivity contribution is 0.0607. The van der Waals surface area contributed by atoms with E-state index in [0.717, 1.165) is 13.1 Å². The molecule has 2 heterocycles. The molecule has 0 aromatic carbocycles. The molecule has 1 fully saturated rings. The van der Waals surface area contributed by atoms with Crippen molar-refractivity contribution in [1.82, 2.24) is 14.8 Å². The standard InChI is InChI=1S/C13H17N3O4/c17-8-7-15-3-5-16(6-4-15)12(18)11-2-1-10(9-14-11)13(19)20/h1-2,9,17H,3-8H2,(H,19,20). The van der Waals surface area contributed by atoms with Crippen molar-refractivity contribution in [3.05, 3.63) is 29.6 Å². The van der Waals surface area contributed by atoms with Crippen molar-refractivity contribution in [2.75, 3.05) is 39.3 Å². The third-order valence-electron chi connectivity index (χ3n) is 3.31. The average Bonchev–Trinajstić information content (AvgIpc) is 2.48. The van der Waals surface area contributed by atoms with Crippen LogP contribution >= 0.6 is 0 Å². The van der Waals surface area contributed by atoms with Gasteiger partial charge in [-0.25, -0.2) is 4.79 Å². The van der Waals surface area contributed by atoms with Crippen molar-refractivity contribution in [2.24, 2.45) is 0 Å². The fourth-order valence-corrected chi connectivity index (χ4v) is 2.12. The Morgan fingerprint density at radius 2 is 1.90 bits per heavy atom. The molecule has 1 aliphatic rings. The maximum absolute atomic E-state index is 12.2. The van der Waals surface area contributed by atoms with E-state index in [1.165, 1.54) is 18.3 Å². The van der Waals surface area contributed by atoms with E-state index in [2.05, 4.69) is 9.88 Å². The van der Waals surface area contributed by atoms with Crippen LogP contribution in [-0.4, -0.2) is 76.2 Å². The second kappa shape index (κ2) is 6.44. The molecule has 0 aliphatic carbocycles. The summed E-state index contributed by atoms with van der Waals surface area (Å²) in [6.07, 6.45) is 1.19. The normalized spacial score (nSPS) is 16.1. The first-order chi connectivity index (χ1) is 9.61. The lowest BCUT2D eigenvalue weighted by atomic mass is 10.2. The zero-order valence-electron chi connectivity index (χ0n) is 11.0. The Labute approximate surface area is 116 Å². The Morgan fingerprint density at radius 1 is 1.20 bits per heavy atom. The van der Waals surface area contributed by atoms with Gasteiger partial charge in [-0.1, -0.05) is 0 Å². The number of aromatic carboxylic acids is 1. The SMILES string of the molecule is O=C(O)c1ccc(C(=O)N2CCN(CCO)CC2)nc1. The van der Waals surface area contributed by atoms with Crippen LogP contribution in [0.15, 0.2) is 18.3 Å². The van der Waals surface area contributed by atoms with Gasteiger partial charge in [-0.3, -0.25) is 14.7 Å². The zero-order chi connectivity index (χ0) is 14.5. The highest BCUT2D eigenvalue weighted by Crippen LogP contribution is 2.08. The largest absolute Gasteiger partial charge is 0.478 e. The molecule has 20 heavy (non-hydrogen) atoms. The summed E-state index contributed by atoms with van der Waals surface area (Å²) in [4.78, 5) is 30.6. The van der Waals surface area contributed by atoms with E-state index in [1.807, 2.05) is 0 Å². The number of carboxylic acids is 1. The van der Waals surface area contributed by atoms with E-state index in [1.54, 1.807) is 4.90 Å². The highest BCUT2D eigenvalue weighted by atomic mass is 16.4. The molecule has 1 aromatic heterocycles. The molecule has 1 amide bonds. The summed E-state index contributed by atoms with van der Waals surface area (Å²) < 4.78 is 0. The Bertz CT molecular complexity index is 481. The van der Waals surface area contributed by atoms with E-state index in [9.17, 15) is 9.59 Å². The maximum atomic E-state index is 12.2. The molecule has 0 unspecified atom stereocenters. The molecule has 0 saturated carbocycles. The maximum Gasteiger partial charge on any atom is 0.337 e. The highest BCUT2D eigenvalue weighted by molar-refractivity contribution is 5.93. The van der Waals surface area contributed by atoms with Crippen LogP contribution in [0, 0.1) is 0 Å². The van der Waals surface area contributed by atoms with E-state index in [0.29, 0.717) is 19.6 Å². The Balaban J connectivity index is 1.96. The van der Waals surface area contributed by atoms with Gasteiger partial charge in [0, 0.05) is 38.9 Å². The molecule has 0 bridgehead atoms. The molecular weight excluding hydrogens is 262 g/mol.